The molecule has 0 aromatic rings. The second kappa shape index (κ2) is 8.18. The molecule has 1 heterocycles. The maximum absolute atomic E-state index is 2.77. The summed E-state index contributed by atoms with van der Waals surface area (Å²) in [4.78, 5) is 2.77. The van der Waals surface area contributed by atoms with Crippen LogP contribution >= 0.6 is 0 Å². The Hall–Kier alpha value is -0.0400. The molecule has 1 nitrogen and oxygen atoms in total. The predicted molar refractivity (Wildman–Crippen MR) is 98.1 cm³/mol. The highest BCUT2D eigenvalue weighted by atomic mass is 15.1. The van der Waals surface area contributed by atoms with E-state index in [-0.39, 0.29) is 0 Å². The van der Waals surface area contributed by atoms with Crippen LogP contribution in [0.4, 0.5) is 0 Å². The molecule has 130 valence electrons. The summed E-state index contributed by atoms with van der Waals surface area (Å²) in [6, 6.07) is 0. The zero-order valence-corrected chi connectivity index (χ0v) is 16.0. The third-order valence-electron chi connectivity index (χ3n) is 6.56. The molecule has 2 aliphatic rings. The van der Waals surface area contributed by atoms with E-state index in [4.69, 9.17) is 0 Å². The standard InChI is InChI=1S/C21H41N/c1-6-18-8-7-13-22(16-18)15-17(2)14-19-9-11-20(12-10-19)21(3,4)5/h17-20H,6-16H2,1-5H3. The monoisotopic (exact) mass is 307 g/mol. The van der Waals surface area contributed by atoms with Crippen LogP contribution in [-0.2, 0) is 0 Å². The third-order valence-corrected chi connectivity index (χ3v) is 6.56. The molecular weight excluding hydrogens is 266 g/mol. The van der Waals surface area contributed by atoms with E-state index in [0.717, 1.165) is 23.7 Å². The van der Waals surface area contributed by atoms with E-state index in [1.54, 1.807) is 0 Å². The van der Waals surface area contributed by atoms with Gasteiger partial charge >= 0.3 is 0 Å². The lowest BCUT2D eigenvalue weighted by molar-refractivity contribution is 0.119. The van der Waals surface area contributed by atoms with E-state index in [9.17, 15) is 0 Å². The van der Waals surface area contributed by atoms with Gasteiger partial charge in [-0.2, -0.15) is 0 Å². The molecule has 0 aromatic heterocycles. The van der Waals surface area contributed by atoms with Gasteiger partial charge in [0.2, 0.25) is 0 Å². The third kappa shape index (κ3) is 5.55. The Morgan fingerprint density at radius 3 is 2.27 bits per heavy atom. The van der Waals surface area contributed by atoms with Gasteiger partial charge in [0.1, 0.15) is 0 Å². The molecule has 1 aliphatic carbocycles. The fourth-order valence-electron chi connectivity index (χ4n) is 5.00. The highest BCUT2D eigenvalue weighted by Crippen LogP contribution is 2.41. The highest BCUT2D eigenvalue weighted by Gasteiger charge is 2.30. The summed E-state index contributed by atoms with van der Waals surface area (Å²) in [6.45, 7) is 16.3. The summed E-state index contributed by atoms with van der Waals surface area (Å²) < 4.78 is 0. The van der Waals surface area contributed by atoms with Crippen LogP contribution in [0.15, 0.2) is 0 Å². The summed E-state index contributed by atoms with van der Waals surface area (Å²) in [5.41, 5.74) is 0.527. The molecule has 0 spiro atoms. The SMILES string of the molecule is CCC1CCCN(CC(C)CC2CCC(C(C)(C)C)CC2)C1. The van der Waals surface area contributed by atoms with Crippen molar-refractivity contribution in [2.45, 2.75) is 86.0 Å². The minimum Gasteiger partial charge on any atom is -0.303 e. The van der Waals surface area contributed by atoms with Crippen molar-refractivity contribution in [3.63, 3.8) is 0 Å². The molecule has 2 atom stereocenters. The van der Waals surface area contributed by atoms with Gasteiger partial charge in [0, 0.05) is 13.1 Å². The van der Waals surface area contributed by atoms with Crippen molar-refractivity contribution in [3.05, 3.63) is 0 Å². The molecular formula is C21H41N. The maximum atomic E-state index is 2.77. The summed E-state index contributed by atoms with van der Waals surface area (Å²) in [6.07, 6.45) is 11.7. The Kier molecular flexibility index (Phi) is 6.80. The number of rotatable bonds is 5. The first-order valence-corrected chi connectivity index (χ1v) is 10.1. The Morgan fingerprint density at radius 1 is 1.00 bits per heavy atom. The van der Waals surface area contributed by atoms with E-state index < -0.39 is 0 Å². The molecule has 22 heavy (non-hydrogen) atoms. The van der Waals surface area contributed by atoms with E-state index in [1.807, 2.05) is 0 Å². The van der Waals surface area contributed by atoms with E-state index in [2.05, 4.69) is 39.5 Å². The topological polar surface area (TPSA) is 3.24 Å². The lowest BCUT2D eigenvalue weighted by atomic mass is 9.68. The summed E-state index contributed by atoms with van der Waals surface area (Å²) in [5.74, 6) is 3.85. The lowest BCUT2D eigenvalue weighted by Crippen LogP contribution is -2.38. The first-order chi connectivity index (χ1) is 10.4. The average molecular weight is 308 g/mol. The zero-order chi connectivity index (χ0) is 16.2. The summed E-state index contributed by atoms with van der Waals surface area (Å²) >= 11 is 0. The molecule has 1 saturated heterocycles. The smallest absolute Gasteiger partial charge is 0.000968 e. The molecule has 2 unspecified atom stereocenters. The highest BCUT2D eigenvalue weighted by molar-refractivity contribution is 4.82. The molecule has 1 saturated carbocycles. The predicted octanol–water partition coefficient (Wildman–Crippen LogP) is 5.99. The summed E-state index contributed by atoms with van der Waals surface area (Å²) in [5, 5.41) is 0. The number of hydrogen-bond donors (Lipinski definition) is 0. The van der Waals surface area contributed by atoms with Gasteiger partial charge in [-0.25, -0.2) is 0 Å². The second-order valence-electron chi connectivity index (χ2n) is 9.60. The number of nitrogens with zero attached hydrogens (tertiary/aromatic N) is 1. The van der Waals surface area contributed by atoms with Crippen LogP contribution in [0.25, 0.3) is 0 Å². The Bertz CT molecular complexity index is 308. The van der Waals surface area contributed by atoms with Gasteiger partial charge in [0.15, 0.2) is 0 Å². The Balaban J connectivity index is 1.68. The van der Waals surface area contributed by atoms with Gasteiger partial charge in [-0.3, -0.25) is 0 Å². The minimum atomic E-state index is 0.527. The van der Waals surface area contributed by atoms with E-state index in [1.165, 1.54) is 71.0 Å². The molecule has 0 aromatic carbocycles. The molecule has 0 bridgehead atoms. The number of hydrogen-bond acceptors (Lipinski definition) is 1. The van der Waals surface area contributed by atoms with Crippen LogP contribution in [0.3, 0.4) is 0 Å². The van der Waals surface area contributed by atoms with Crippen LogP contribution in [0, 0.1) is 29.1 Å². The molecule has 1 heteroatoms. The molecule has 2 fully saturated rings. The quantitative estimate of drug-likeness (QED) is 0.603. The maximum Gasteiger partial charge on any atom is 0.000968 e. The van der Waals surface area contributed by atoms with Crippen molar-refractivity contribution in [1.82, 2.24) is 4.90 Å². The molecule has 0 N–H and O–H groups in total. The second-order valence-corrected chi connectivity index (χ2v) is 9.60. The largest absolute Gasteiger partial charge is 0.303 e. The van der Waals surface area contributed by atoms with Gasteiger partial charge in [-0.05, 0) is 67.7 Å². The molecule has 0 radical (unpaired) electrons. The van der Waals surface area contributed by atoms with Crippen LogP contribution in [0.1, 0.15) is 86.0 Å². The average Bonchev–Trinajstić information content (AvgIpc) is 2.47. The Labute approximate surface area is 140 Å². The zero-order valence-electron chi connectivity index (χ0n) is 16.0. The van der Waals surface area contributed by atoms with Crippen molar-refractivity contribution in [1.29, 1.82) is 0 Å². The van der Waals surface area contributed by atoms with Gasteiger partial charge in [0.05, 0.1) is 0 Å². The van der Waals surface area contributed by atoms with Crippen LogP contribution in [0.5, 0.6) is 0 Å². The van der Waals surface area contributed by atoms with Gasteiger partial charge in [-0.15, -0.1) is 0 Å². The van der Waals surface area contributed by atoms with Crippen molar-refractivity contribution >= 4 is 0 Å². The summed E-state index contributed by atoms with van der Waals surface area (Å²) in [7, 11) is 0. The van der Waals surface area contributed by atoms with E-state index in [0.29, 0.717) is 5.41 Å². The van der Waals surface area contributed by atoms with Crippen molar-refractivity contribution in [2.24, 2.45) is 29.1 Å². The molecule has 1 aliphatic heterocycles. The van der Waals surface area contributed by atoms with Gasteiger partial charge < -0.3 is 4.90 Å². The lowest BCUT2D eigenvalue weighted by Gasteiger charge is -2.38. The normalized spacial score (nSPS) is 32.9. The minimum absolute atomic E-state index is 0.527. The van der Waals surface area contributed by atoms with Crippen LogP contribution in [0.2, 0.25) is 0 Å². The molecule has 0 amide bonds. The van der Waals surface area contributed by atoms with Crippen molar-refractivity contribution < 1.29 is 0 Å². The first kappa shape index (κ1) is 18.3. The fraction of sp³-hybridized carbons (Fsp3) is 1.00. The Morgan fingerprint density at radius 2 is 1.68 bits per heavy atom. The van der Waals surface area contributed by atoms with Gasteiger partial charge in [-0.1, -0.05) is 53.9 Å². The van der Waals surface area contributed by atoms with Crippen molar-refractivity contribution in [2.75, 3.05) is 19.6 Å². The van der Waals surface area contributed by atoms with Crippen LogP contribution < -0.4 is 0 Å². The van der Waals surface area contributed by atoms with Crippen LogP contribution in [-0.4, -0.2) is 24.5 Å². The fourth-order valence-corrected chi connectivity index (χ4v) is 5.00. The first-order valence-electron chi connectivity index (χ1n) is 10.1. The van der Waals surface area contributed by atoms with E-state index >= 15 is 0 Å². The number of piperidine rings is 1. The number of likely N-dealkylation sites (tertiary alicyclic amines) is 1. The van der Waals surface area contributed by atoms with Crippen molar-refractivity contribution in [3.8, 4) is 0 Å². The van der Waals surface area contributed by atoms with Gasteiger partial charge in [0.25, 0.3) is 0 Å². The molecule has 2 rings (SSSR count).